The van der Waals surface area contributed by atoms with Crippen LogP contribution in [0.2, 0.25) is 19.6 Å². The molecule has 2 heterocycles. The van der Waals surface area contributed by atoms with E-state index in [-0.39, 0.29) is 17.1 Å². The fraction of sp³-hybridized carbons (Fsp3) is 0.0857. The third kappa shape index (κ3) is 4.01. The van der Waals surface area contributed by atoms with E-state index >= 15 is 0 Å². The molecule has 1 aliphatic rings. The van der Waals surface area contributed by atoms with Crippen LogP contribution in [0.4, 0.5) is 0 Å². The predicted molar refractivity (Wildman–Crippen MR) is 170 cm³/mol. The molecule has 7 rings (SSSR count). The summed E-state index contributed by atoms with van der Waals surface area (Å²) in [5, 5.41) is 3.31. The largest absolute Gasteiger partial charge is 0.309 e. The van der Waals surface area contributed by atoms with E-state index < -0.39 is 8.07 Å². The Morgan fingerprint density at radius 1 is 0.700 bits per heavy atom. The number of Topliss-reactive ketones (excluding diaryl/α,β-unsaturated/α-hetero) is 2. The zero-order valence-corrected chi connectivity index (χ0v) is 24.4. The summed E-state index contributed by atoms with van der Waals surface area (Å²) < 4.78 is 3.29. The van der Waals surface area contributed by atoms with Crippen LogP contribution in [0.5, 0.6) is 0 Å². The minimum Gasteiger partial charge on any atom is -0.309 e. The molecule has 0 spiro atoms. The Hall–Kier alpha value is -4.32. The molecule has 0 fully saturated rings. The molecular weight excluding hydrogens is 527 g/mol. The average molecular weight is 554 g/mol. The summed E-state index contributed by atoms with van der Waals surface area (Å²) in [6.45, 7) is 7.03. The highest BCUT2D eigenvalue weighted by Gasteiger charge is 2.34. The number of carbonyl (C=O) groups is 2. The molecule has 40 heavy (non-hydrogen) atoms. The quantitative estimate of drug-likeness (QED) is 0.125. The number of hydrogen-bond acceptors (Lipinski definition) is 3. The summed E-state index contributed by atoms with van der Waals surface area (Å²) in [5.74, 6) is -0.415. The molecule has 0 N–H and O–H groups in total. The minimum atomic E-state index is -1.46. The molecule has 0 amide bonds. The fourth-order valence-electron chi connectivity index (χ4n) is 5.55. The Labute approximate surface area is 238 Å². The summed E-state index contributed by atoms with van der Waals surface area (Å²) in [6, 6.07) is 35.0. The van der Waals surface area contributed by atoms with E-state index in [4.69, 9.17) is 0 Å². The van der Waals surface area contributed by atoms with Gasteiger partial charge in [-0.05, 0) is 58.8 Å². The molecular formula is C35H27NO2SSi. The number of rotatable bonds is 4. The number of allylic oxidation sites excluding steroid dienone is 1. The molecule has 0 radical (unpaired) electrons. The summed E-state index contributed by atoms with van der Waals surface area (Å²) in [6.07, 6.45) is 1.79. The van der Waals surface area contributed by atoms with E-state index in [1.165, 1.54) is 15.6 Å². The average Bonchev–Trinajstić information content (AvgIpc) is 3.58. The first kappa shape index (κ1) is 24.7. The maximum atomic E-state index is 13.6. The summed E-state index contributed by atoms with van der Waals surface area (Å²) in [7, 11) is -1.46. The fourth-order valence-corrected chi connectivity index (χ4v) is 7.81. The van der Waals surface area contributed by atoms with Gasteiger partial charge in [-0.3, -0.25) is 9.59 Å². The zero-order valence-electron chi connectivity index (χ0n) is 22.6. The first-order valence-electron chi connectivity index (χ1n) is 13.4. The molecule has 0 saturated heterocycles. The predicted octanol–water partition coefficient (Wildman–Crippen LogP) is 8.52. The maximum Gasteiger partial charge on any atom is 0.197 e. The number of carbonyl (C=O) groups excluding carboxylic acids is 2. The number of thiophene rings is 1. The lowest BCUT2D eigenvalue weighted by atomic mass is 10.0. The van der Waals surface area contributed by atoms with Gasteiger partial charge >= 0.3 is 0 Å². The Balaban J connectivity index is 1.40. The number of fused-ring (bicyclic) bond motifs is 3. The molecule has 3 nitrogen and oxygen atoms in total. The van der Waals surface area contributed by atoms with Gasteiger partial charge in [-0.2, -0.15) is 0 Å². The van der Waals surface area contributed by atoms with Gasteiger partial charge in [-0.15, -0.1) is 11.3 Å². The first-order valence-corrected chi connectivity index (χ1v) is 17.7. The minimum absolute atomic E-state index is 0.207. The van der Waals surface area contributed by atoms with E-state index in [0.29, 0.717) is 11.1 Å². The van der Waals surface area contributed by atoms with Crippen molar-refractivity contribution in [1.82, 2.24) is 4.57 Å². The number of hydrogen-bond donors (Lipinski definition) is 0. The van der Waals surface area contributed by atoms with Crippen LogP contribution in [0.15, 0.2) is 109 Å². The van der Waals surface area contributed by atoms with Crippen LogP contribution in [0.25, 0.3) is 43.2 Å². The van der Waals surface area contributed by atoms with Crippen molar-refractivity contribution < 1.29 is 9.59 Å². The van der Waals surface area contributed by atoms with Crippen LogP contribution < -0.4 is 5.19 Å². The number of aromatic nitrogens is 1. The zero-order chi connectivity index (χ0) is 27.6. The van der Waals surface area contributed by atoms with Crippen LogP contribution in [-0.4, -0.2) is 24.2 Å². The highest BCUT2D eigenvalue weighted by molar-refractivity contribution is 7.22. The van der Waals surface area contributed by atoms with Crippen molar-refractivity contribution in [2.24, 2.45) is 0 Å². The lowest BCUT2D eigenvalue weighted by molar-refractivity contribution is 0.0990. The van der Waals surface area contributed by atoms with Crippen LogP contribution in [0.3, 0.4) is 0 Å². The van der Waals surface area contributed by atoms with E-state index in [1.807, 2.05) is 42.5 Å². The summed E-state index contributed by atoms with van der Waals surface area (Å²) >= 11 is 1.72. The third-order valence-corrected chi connectivity index (χ3v) is 10.9. The molecule has 0 aliphatic heterocycles. The number of ketones is 2. The third-order valence-electron chi connectivity index (χ3n) is 7.72. The van der Waals surface area contributed by atoms with Gasteiger partial charge in [-0.1, -0.05) is 91.6 Å². The monoisotopic (exact) mass is 553 g/mol. The topological polar surface area (TPSA) is 39.1 Å². The molecule has 2 aromatic heterocycles. The highest BCUT2D eigenvalue weighted by atomic mass is 32.1. The van der Waals surface area contributed by atoms with E-state index in [1.54, 1.807) is 17.4 Å². The van der Waals surface area contributed by atoms with Gasteiger partial charge in [0.25, 0.3) is 0 Å². The van der Waals surface area contributed by atoms with Crippen molar-refractivity contribution in [2.45, 2.75) is 19.6 Å². The van der Waals surface area contributed by atoms with Gasteiger partial charge in [0.2, 0.25) is 0 Å². The SMILES string of the molecule is C[Si](C)(C)c1ccc(-n2c(C=C3C(=O)c4cc5ccccc5cc4C3=O)cc3sc(-c4ccccc4)cc32)cc1. The molecule has 0 unspecified atom stereocenters. The molecule has 0 bridgehead atoms. The lowest BCUT2D eigenvalue weighted by Crippen LogP contribution is -2.37. The summed E-state index contributed by atoms with van der Waals surface area (Å²) in [4.78, 5) is 28.3. The number of benzene rings is 4. The molecule has 6 aromatic rings. The molecule has 4 aromatic carbocycles. The highest BCUT2D eigenvalue weighted by Crippen LogP contribution is 2.39. The number of nitrogens with zero attached hydrogens (tertiary/aromatic N) is 1. The van der Waals surface area contributed by atoms with Gasteiger partial charge in [0.1, 0.15) is 0 Å². The molecule has 5 heteroatoms. The van der Waals surface area contributed by atoms with Gasteiger partial charge in [-0.25, -0.2) is 0 Å². The van der Waals surface area contributed by atoms with E-state index in [0.717, 1.165) is 32.4 Å². The Bertz CT molecular complexity index is 1950. The molecule has 1 aliphatic carbocycles. The van der Waals surface area contributed by atoms with Crippen molar-refractivity contribution in [2.75, 3.05) is 0 Å². The van der Waals surface area contributed by atoms with Crippen LogP contribution in [-0.2, 0) is 0 Å². The van der Waals surface area contributed by atoms with E-state index in [2.05, 4.69) is 84.9 Å². The summed E-state index contributed by atoms with van der Waals surface area (Å²) in [5.41, 5.74) is 5.28. The second-order valence-corrected chi connectivity index (χ2v) is 17.5. The van der Waals surface area contributed by atoms with Crippen LogP contribution in [0.1, 0.15) is 26.4 Å². The molecule has 0 atom stereocenters. The van der Waals surface area contributed by atoms with Gasteiger partial charge in [0.15, 0.2) is 11.6 Å². The van der Waals surface area contributed by atoms with Crippen molar-refractivity contribution in [3.05, 3.63) is 126 Å². The van der Waals surface area contributed by atoms with Crippen molar-refractivity contribution in [3.8, 4) is 16.1 Å². The standard InChI is InChI=1S/C35H27NO2SSi/c1-40(2,3)27-15-13-25(14-16-27)36-26(20-33-31(36)21-32(39-33)22-9-5-4-6-10-22)19-30-34(37)28-17-23-11-7-8-12-24(23)18-29(28)35(30)38/h4-21H,1-3H3. The Morgan fingerprint density at radius 2 is 1.30 bits per heavy atom. The molecule has 0 saturated carbocycles. The lowest BCUT2D eigenvalue weighted by Gasteiger charge is -2.17. The van der Waals surface area contributed by atoms with Crippen LogP contribution in [0, 0.1) is 0 Å². The van der Waals surface area contributed by atoms with Gasteiger partial charge in [0.05, 0.1) is 23.9 Å². The first-order chi connectivity index (χ1) is 19.3. The molecule has 194 valence electrons. The normalized spacial score (nSPS) is 13.4. The smallest absolute Gasteiger partial charge is 0.197 e. The van der Waals surface area contributed by atoms with Gasteiger partial charge in [0, 0.05) is 27.4 Å². The van der Waals surface area contributed by atoms with Crippen LogP contribution >= 0.6 is 11.3 Å². The second-order valence-electron chi connectivity index (χ2n) is 11.4. The Kier molecular flexibility index (Phi) is 5.63. The van der Waals surface area contributed by atoms with Crippen molar-refractivity contribution >= 4 is 63.2 Å². The Morgan fingerprint density at radius 3 is 1.90 bits per heavy atom. The van der Waals surface area contributed by atoms with Gasteiger partial charge < -0.3 is 4.57 Å². The van der Waals surface area contributed by atoms with E-state index in [9.17, 15) is 9.59 Å². The maximum absolute atomic E-state index is 13.6. The van der Waals surface area contributed by atoms with Crippen molar-refractivity contribution in [3.63, 3.8) is 0 Å². The van der Waals surface area contributed by atoms with Crippen molar-refractivity contribution in [1.29, 1.82) is 0 Å². The second kappa shape index (κ2) is 9.12.